The molecule has 0 bridgehead atoms. The summed E-state index contributed by atoms with van der Waals surface area (Å²) in [7, 11) is 0. The van der Waals surface area contributed by atoms with Gasteiger partial charge in [-0.1, -0.05) is 37.3 Å². The molecule has 0 aromatic heterocycles. The van der Waals surface area contributed by atoms with Gasteiger partial charge in [0.25, 0.3) is 0 Å². The Labute approximate surface area is 163 Å². The zero-order valence-electron chi connectivity index (χ0n) is 16.5. The predicted molar refractivity (Wildman–Crippen MR) is 107 cm³/mol. The second kappa shape index (κ2) is 9.88. The van der Waals surface area contributed by atoms with Gasteiger partial charge in [-0.2, -0.15) is 0 Å². The minimum Gasteiger partial charge on any atom is -0.355 e. The van der Waals surface area contributed by atoms with Gasteiger partial charge in [-0.25, -0.2) is 0 Å². The molecule has 1 aromatic rings. The summed E-state index contributed by atoms with van der Waals surface area (Å²) in [4.78, 5) is 28.9. The van der Waals surface area contributed by atoms with Crippen molar-refractivity contribution in [1.82, 2.24) is 15.1 Å². The highest BCUT2D eigenvalue weighted by Gasteiger charge is 2.28. The minimum atomic E-state index is -0.0433. The Kier molecular flexibility index (Phi) is 7.27. The lowest BCUT2D eigenvalue weighted by atomic mass is 9.95. The normalized spacial score (nSPS) is 23.8. The summed E-state index contributed by atoms with van der Waals surface area (Å²) in [5.74, 6) is 0.766. The van der Waals surface area contributed by atoms with Crippen LogP contribution in [0.2, 0.25) is 0 Å². The van der Waals surface area contributed by atoms with E-state index >= 15 is 0 Å². The number of benzene rings is 1. The molecule has 3 rings (SSSR count). The van der Waals surface area contributed by atoms with Crippen LogP contribution in [0.5, 0.6) is 0 Å². The second-order valence-electron chi connectivity index (χ2n) is 8.01. The second-order valence-corrected chi connectivity index (χ2v) is 8.01. The van der Waals surface area contributed by atoms with E-state index in [0.717, 1.165) is 45.6 Å². The Morgan fingerprint density at radius 1 is 1.07 bits per heavy atom. The molecule has 1 aromatic carbocycles. The minimum absolute atomic E-state index is 0.0433. The first-order valence-corrected chi connectivity index (χ1v) is 10.5. The number of carbonyl (C=O) groups is 2. The molecule has 2 saturated heterocycles. The lowest BCUT2D eigenvalue weighted by Crippen LogP contribution is -2.47. The molecule has 2 atom stereocenters. The number of nitrogens with zero attached hydrogens (tertiary/aromatic N) is 2. The van der Waals surface area contributed by atoms with Crippen LogP contribution in [0.1, 0.15) is 44.6 Å². The monoisotopic (exact) mass is 371 g/mol. The van der Waals surface area contributed by atoms with Gasteiger partial charge in [0.05, 0.1) is 5.92 Å². The highest BCUT2D eigenvalue weighted by atomic mass is 16.2. The van der Waals surface area contributed by atoms with Crippen LogP contribution in [-0.2, 0) is 16.1 Å². The molecule has 148 valence electrons. The Balaban J connectivity index is 1.43. The first-order valence-electron chi connectivity index (χ1n) is 10.5. The van der Waals surface area contributed by atoms with Crippen molar-refractivity contribution < 1.29 is 9.59 Å². The SMILES string of the molecule is CCC(=O)N1CCC[C@H](C(=O)NC[C@H]2CCCN(Cc3ccccc3)C2)C1. The molecule has 5 heteroatoms. The molecule has 0 unspecified atom stereocenters. The number of hydrogen-bond acceptors (Lipinski definition) is 3. The van der Waals surface area contributed by atoms with Crippen LogP contribution in [0.25, 0.3) is 0 Å². The molecule has 0 radical (unpaired) electrons. The average Bonchev–Trinajstić information content (AvgIpc) is 2.72. The zero-order valence-corrected chi connectivity index (χ0v) is 16.5. The van der Waals surface area contributed by atoms with Crippen molar-refractivity contribution in [3.8, 4) is 0 Å². The third-order valence-corrected chi connectivity index (χ3v) is 5.86. The number of rotatable bonds is 6. The molecule has 2 aliphatic heterocycles. The van der Waals surface area contributed by atoms with Crippen molar-refractivity contribution in [2.75, 3.05) is 32.7 Å². The highest BCUT2D eigenvalue weighted by molar-refractivity contribution is 5.81. The zero-order chi connectivity index (χ0) is 19.1. The summed E-state index contributed by atoms with van der Waals surface area (Å²) >= 11 is 0. The number of carbonyl (C=O) groups excluding carboxylic acids is 2. The molecule has 0 aliphatic carbocycles. The van der Waals surface area contributed by atoms with Crippen LogP contribution in [0.3, 0.4) is 0 Å². The number of piperidine rings is 2. The number of likely N-dealkylation sites (tertiary alicyclic amines) is 2. The van der Waals surface area contributed by atoms with E-state index in [1.165, 1.54) is 18.4 Å². The van der Waals surface area contributed by atoms with E-state index in [0.29, 0.717) is 18.9 Å². The summed E-state index contributed by atoms with van der Waals surface area (Å²) in [6.45, 7) is 7.19. The van der Waals surface area contributed by atoms with Crippen LogP contribution >= 0.6 is 0 Å². The Morgan fingerprint density at radius 2 is 1.85 bits per heavy atom. The smallest absolute Gasteiger partial charge is 0.224 e. The van der Waals surface area contributed by atoms with Gasteiger partial charge >= 0.3 is 0 Å². The van der Waals surface area contributed by atoms with Crippen molar-refractivity contribution in [1.29, 1.82) is 0 Å². The van der Waals surface area contributed by atoms with E-state index in [-0.39, 0.29) is 17.7 Å². The van der Waals surface area contributed by atoms with Crippen molar-refractivity contribution in [3.05, 3.63) is 35.9 Å². The summed E-state index contributed by atoms with van der Waals surface area (Å²) in [6.07, 6.45) is 4.71. The van der Waals surface area contributed by atoms with Gasteiger partial charge in [-0.15, -0.1) is 0 Å². The van der Waals surface area contributed by atoms with Gasteiger partial charge < -0.3 is 10.2 Å². The molecule has 2 heterocycles. The van der Waals surface area contributed by atoms with Crippen molar-refractivity contribution in [2.24, 2.45) is 11.8 Å². The maximum absolute atomic E-state index is 12.6. The molecule has 5 nitrogen and oxygen atoms in total. The highest BCUT2D eigenvalue weighted by Crippen LogP contribution is 2.20. The lowest BCUT2D eigenvalue weighted by molar-refractivity contribution is -0.135. The molecule has 2 amide bonds. The van der Waals surface area contributed by atoms with Crippen LogP contribution in [0.15, 0.2) is 30.3 Å². The Hall–Kier alpha value is -1.88. The van der Waals surface area contributed by atoms with Gasteiger partial charge in [-0.3, -0.25) is 14.5 Å². The van der Waals surface area contributed by atoms with E-state index in [1.54, 1.807) is 0 Å². The fourth-order valence-electron chi connectivity index (χ4n) is 4.33. The Bertz CT molecular complexity index is 619. The maximum Gasteiger partial charge on any atom is 0.224 e. The molecular formula is C22H33N3O2. The van der Waals surface area contributed by atoms with Gasteiger partial charge in [0.15, 0.2) is 0 Å². The van der Waals surface area contributed by atoms with Gasteiger partial charge in [-0.05, 0) is 43.7 Å². The third kappa shape index (κ3) is 5.80. The fourth-order valence-corrected chi connectivity index (χ4v) is 4.33. The largest absolute Gasteiger partial charge is 0.355 e. The topological polar surface area (TPSA) is 52.7 Å². The van der Waals surface area contributed by atoms with Gasteiger partial charge in [0.1, 0.15) is 0 Å². The van der Waals surface area contributed by atoms with Crippen LogP contribution in [-0.4, -0.2) is 54.3 Å². The summed E-state index contributed by atoms with van der Waals surface area (Å²) in [5.41, 5.74) is 1.35. The maximum atomic E-state index is 12.6. The van der Waals surface area contributed by atoms with E-state index < -0.39 is 0 Å². The van der Waals surface area contributed by atoms with Crippen molar-refractivity contribution in [2.45, 2.75) is 45.6 Å². The third-order valence-electron chi connectivity index (χ3n) is 5.86. The number of nitrogens with one attached hydrogen (secondary N) is 1. The summed E-state index contributed by atoms with van der Waals surface area (Å²) in [5, 5.41) is 3.18. The lowest BCUT2D eigenvalue weighted by Gasteiger charge is -2.34. The standard InChI is InChI=1S/C22H33N3O2/c1-2-21(26)25-13-7-11-20(17-25)22(27)23-14-19-10-6-12-24(16-19)15-18-8-4-3-5-9-18/h3-5,8-9,19-20H,2,6-7,10-17H2,1H3,(H,23,27)/t19-,20+/m1/s1. The summed E-state index contributed by atoms with van der Waals surface area (Å²) < 4.78 is 0. The Morgan fingerprint density at radius 3 is 2.63 bits per heavy atom. The summed E-state index contributed by atoms with van der Waals surface area (Å²) in [6, 6.07) is 10.6. The van der Waals surface area contributed by atoms with Crippen LogP contribution < -0.4 is 5.32 Å². The first-order chi connectivity index (χ1) is 13.2. The molecule has 2 aliphatic rings. The number of amides is 2. The molecule has 27 heavy (non-hydrogen) atoms. The van der Waals surface area contributed by atoms with E-state index in [1.807, 2.05) is 11.8 Å². The fraction of sp³-hybridized carbons (Fsp3) is 0.636. The van der Waals surface area contributed by atoms with Crippen LogP contribution in [0, 0.1) is 11.8 Å². The van der Waals surface area contributed by atoms with Gasteiger partial charge in [0.2, 0.25) is 11.8 Å². The first kappa shape index (κ1) is 19.9. The average molecular weight is 372 g/mol. The molecule has 0 saturated carbocycles. The van der Waals surface area contributed by atoms with Gasteiger partial charge in [0, 0.05) is 39.1 Å². The van der Waals surface area contributed by atoms with E-state index in [9.17, 15) is 9.59 Å². The van der Waals surface area contributed by atoms with Crippen LogP contribution in [0.4, 0.5) is 0 Å². The molecular weight excluding hydrogens is 338 g/mol. The van der Waals surface area contributed by atoms with E-state index in [4.69, 9.17) is 0 Å². The molecule has 0 spiro atoms. The predicted octanol–water partition coefficient (Wildman–Crippen LogP) is 2.66. The van der Waals surface area contributed by atoms with Crippen molar-refractivity contribution in [3.63, 3.8) is 0 Å². The van der Waals surface area contributed by atoms with Crippen molar-refractivity contribution >= 4 is 11.8 Å². The van der Waals surface area contributed by atoms with E-state index in [2.05, 4.69) is 40.5 Å². The molecule has 1 N–H and O–H groups in total. The number of hydrogen-bond donors (Lipinski definition) is 1. The molecule has 2 fully saturated rings. The quantitative estimate of drug-likeness (QED) is 0.836.